The first-order valence-electron chi connectivity index (χ1n) is 9.31. The van der Waals surface area contributed by atoms with Gasteiger partial charge < -0.3 is 10.6 Å². The van der Waals surface area contributed by atoms with E-state index in [4.69, 9.17) is 0 Å². The molecule has 0 aliphatic heterocycles. The van der Waals surface area contributed by atoms with Crippen molar-refractivity contribution in [3.63, 3.8) is 0 Å². The predicted molar refractivity (Wildman–Crippen MR) is 107 cm³/mol. The van der Waals surface area contributed by atoms with E-state index in [1.807, 2.05) is 0 Å². The molecule has 1 aromatic carbocycles. The second-order valence-corrected chi connectivity index (χ2v) is 6.53. The third kappa shape index (κ3) is 5.31. The molecule has 2 N–H and O–H groups in total. The molecular weight excluding hydrogens is 395 g/mol. The van der Waals surface area contributed by atoms with Crippen LogP contribution in [0.5, 0.6) is 0 Å². The average Bonchev–Trinajstić information content (AvgIpc) is 2.76. The Labute approximate surface area is 171 Å². The summed E-state index contributed by atoms with van der Waals surface area (Å²) in [7, 11) is 1.49. The van der Waals surface area contributed by atoms with Gasteiger partial charge >= 0.3 is 0 Å². The van der Waals surface area contributed by atoms with Crippen LogP contribution in [0.4, 0.5) is 19.0 Å². The number of halogens is 3. The molecule has 3 aromatic rings. The van der Waals surface area contributed by atoms with E-state index in [0.717, 1.165) is 0 Å². The lowest BCUT2D eigenvalue weighted by molar-refractivity contribution is 0.0963. The number of aromatic nitrogens is 3. The zero-order chi connectivity index (χ0) is 21.5. The fourth-order valence-electron chi connectivity index (χ4n) is 2.81. The summed E-state index contributed by atoms with van der Waals surface area (Å²) in [5.41, 5.74) is 0.806. The van der Waals surface area contributed by atoms with Crippen LogP contribution in [0, 0.1) is 11.6 Å². The number of nitrogens with zero attached hydrogens (tertiary/aromatic N) is 3. The standard InChI is InChI=1S/C21H20F3N5O/c1-25-21(30)13-4-5-16(23)15(11-13)18-6-7-20(29-28-18)27-10-8-14(22)12-19-17(24)3-2-9-26-19/h2-7,9,11,14H,8,10,12H2,1H3,(H,25,30)(H,27,29)/t14-/m0/s1. The first kappa shape index (κ1) is 21.2. The van der Waals surface area contributed by atoms with E-state index < -0.39 is 17.8 Å². The van der Waals surface area contributed by atoms with Crippen LogP contribution in [0.25, 0.3) is 11.3 Å². The summed E-state index contributed by atoms with van der Waals surface area (Å²) in [5.74, 6) is -1.01. The predicted octanol–water partition coefficient (Wildman–Crippen LogP) is 3.56. The van der Waals surface area contributed by atoms with Crippen LogP contribution in [0.1, 0.15) is 22.5 Å². The lowest BCUT2D eigenvalue weighted by Gasteiger charge is -2.10. The molecule has 6 nitrogen and oxygen atoms in total. The number of pyridine rings is 1. The van der Waals surface area contributed by atoms with Gasteiger partial charge in [-0.25, -0.2) is 13.2 Å². The molecule has 0 spiro atoms. The zero-order valence-electron chi connectivity index (χ0n) is 16.2. The molecule has 0 aliphatic rings. The van der Waals surface area contributed by atoms with Crippen LogP contribution in [0.15, 0.2) is 48.7 Å². The minimum Gasteiger partial charge on any atom is -0.368 e. The second kappa shape index (κ2) is 9.82. The molecule has 9 heteroatoms. The fourth-order valence-corrected chi connectivity index (χ4v) is 2.81. The van der Waals surface area contributed by atoms with E-state index >= 15 is 0 Å². The molecule has 2 heterocycles. The molecule has 0 bridgehead atoms. The van der Waals surface area contributed by atoms with Gasteiger partial charge in [-0.05, 0) is 48.9 Å². The molecule has 30 heavy (non-hydrogen) atoms. The molecule has 0 aliphatic carbocycles. The summed E-state index contributed by atoms with van der Waals surface area (Å²) in [5, 5.41) is 13.3. The van der Waals surface area contributed by atoms with Gasteiger partial charge in [0.25, 0.3) is 5.91 Å². The highest BCUT2D eigenvalue weighted by Crippen LogP contribution is 2.22. The smallest absolute Gasteiger partial charge is 0.251 e. The molecular formula is C21H20F3N5O. The summed E-state index contributed by atoms with van der Waals surface area (Å²) >= 11 is 0. The van der Waals surface area contributed by atoms with Gasteiger partial charge in [-0.1, -0.05) is 0 Å². The van der Waals surface area contributed by atoms with Crippen molar-refractivity contribution in [1.29, 1.82) is 0 Å². The normalized spacial score (nSPS) is 11.7. The SMILES string of the molecule is CNC(=O)c1ccc(F)c(-c2ccc(NCC[C@H](F)Cc3ncccc3F)nn2)c1. The van der Waals surface area contributed by atoms with Crippen molar-refractivity contribution in [2.24, 2.45) is 0 Å². The maximum Gasteiger partial charge on any atom is 0.251 e. The Kier molecular flexibility index (Phi) is 6.95. The molecule has 0 unspecified atom stereocenters. The van der Waals surface area contributed by atoms with Crippen molar-refractivity contribution in [2.75, 3.05) is 18.9 Å². The average molecular weight is 415 g/mol. The van der Waals surface area contributed by atoms with Crippen LogP contribution in [0.3, 0.4) is 0 Å². The summed E-state index contributed by atoms with van der Waals surface area (Å²) in [6.45, 7) is 0.254. The molecule has 1 amide bonds. The third-order valence-electron chi connectivity index (χ3n) is 4.41. The van der Waals surface area contributed by atoms with Crippen LogP contribution in [-0.2, 0) is 6.42 Å². The lowest BCUT2D eigenvalue weighted by Crippen LogP contribution is -2.17. The van der Waals surface area contributed by atoms with E-state index in [9.17, 15) is 18.0 Å². The van der Waals surface area contributed by atoms with Crippen LogP contribution >= 0.6 is 0 Å². The number of carbonyl (C=O) groups is 1. The van der Waals surface area contributed by atoms with Crippen molar-refractivity contribution in [3.8, 4) is 11.3 Å². The number of carbonyl (C=O) groups excluding carboxylic acids is 1. The van der Waals surface area contributed by atoms with Gasteiger partial charge in [0.05, 0.1) is 11.4 Å². The monoisotopic (exact) mass is 415 g/mol. The quantitative estimate of drug-likeness (QED) is 0.588. The van der Waals surface area contributed by atoms with Gasteiger partial charge in [0.2, 0.25) is 0 Å². The molecule has 0 saturated carbocycles. The summed E-state index contributed by atoms with van der Waals surface area (Å²) < 4.78 is 41.7. The van der Waals surface area contributed by atoms with Crippen molar-refractivity contribution in [1.82, 2.24) is 20.5 Å². The van der Waals surface area contributed by atoms with Crippen LogP contribution < -0.4 is 10.6 Å². The highest BCUT2D eigenvalue weighted by molar-refractivity contribution is 5.95. The van der Waals surface area contributed by atoms with E-state index in [-0.39, 0.29) is 42.2 Å². The minimum absolute atomic E-state index is 0.0927. The number of rotatable bonds is 8. The highest BCUT2D eigenvalue weighted by atomic mass is 19.1. The van der Waals surface area contributed by atoms with Gasteiger partial charge in [-0.3, -0.25) is 9.78 Å². The van der Waals surface area contributed by atoms with Crippen LogP contribution in [-0.4, -0.2) is 40.9 Å². The van der Waals surface area contributed by atoms with Gasteiger partial charge in [-0.2, -0.15) is 0 Å². The number of nitrogens with one attached hydrogen (secondary N) is 2. The second-order valence-electron chi connectivity index (χ2n) is 6.53. The van der Waals surface area contributed by atoms with E-state index in [0.29, 0.717) is 11.4 Å². The molecule has 3 rings (SSSR count). The van der Waals surface area contributed by atoms with Crippen LogP contribution in [0.2, 0.25) is 0 Å². The third-order valence-corrected chi connectivity index (χ3v) is 4.41. The minimum atomic E-state index is -1.27. The Morgan fingerprint density at radius 3 is 2.63 bits per heavy atom. The Morgan fingerprint density at radius 1 is 1.10 bits per heavy atom. The van der Waals surface area contributed by atoms with E-state index in [1.165, 1.54) is 43.6 Å². The van der Waals surface area contributed by atoms with Crippen molar-refractivity contribution in [2.45, 2.75) is 19.0 Å². The van der Waals surface area contributed by atoms with E-state index in [2.05, 4.69) is 25.8 Å². The summed E-state index contributed by atoms with van der Waals surface area (Å²) in [4.78, 5) is 15.6. The summed E-state index contributed by atoms with van der Waals surface area (Å²) in [6.07, 6.45) is 0.172. The zero-order valence-corrected chi connectivity index (χ0v) is 16.2. The molecule has 0 saturated heterocycles. The maximum atomic E-state index is 14.1. The number of hydrogen-bond donors (Lipinski definition) is 2. The van der Waals surface area contributed by atoms with Crippen molar-refractivity contribution < 1.29 is 18.0 Å². The number of alkyl halides is 1. The topological polar surface area (TPSA) is 79.8 Å². The largest absolute Gasteiger partial charge is 0.368 e. The van der Waals surface area contributed by atoms with Gasteiger partial charge in [-0.15, -0.1) is 10.2 Å². The number of hydrogen-bond acceptors (Lipinski definition) is 5. The Bertz CT molecular complexity index is 1010. The number of anilines is 1. The molecule has 0 fully saturated rings. The highest BCUT2D eigenvalue weighted by Gasteiger charge is 2.13. The first-order valence-corrected chi connectivity index (χ1v) is 9.31. The van der Waals surface area contributed by atoms with Gasteiger partial charge in [0.15, 0.2) is 0 Å². The first-order chi connectivity index (χ1) is 14.5. The number of amides is 1. The maximum absolute atomic E-state index is 14.1. The Morgan fingerprint density at radius 2 is 1.93 bits per heavy atom. The molecule has 0 radical (unpaired) electrons. The number of benzene rings is 1. The summed E-state index contributed by atoms with van der Waals surface area (Å²) in [6, 6.07) is 9.81. The molecule has 156 valence electrons. The lowest BCUT2D eigenvalue weighted by atomic mass is 10.1. The van der Waals surface area contributed by atoms with Gasteiger partial charge in [0.1, 0.15) is 23.6 Å². The Hall–Kier alpha value is -3.49. The Balaban J connectivity index is 1.57. The van der Waals surface area contributed by atoms with Crippen molar-refractivity contribution in [3.05, 3.63) is 71.6 Å². The van der Waals surface area contributed by atoms with E-state index in [1.54, 1.807) is 12.1 Å². The fraction of sp³-hybridized carbons (Fsp3) is 0.238. The van der Waals surface area contributed by atoms with Crippen molar-refractivity contribution >= 4 is 11.7 Å². The van der Waals surface area contributed by atoms with Gasteiger partial charge in [0, 0.05) is 37.3 Å². The molecule has 2 aromatic heterocycles. The molecule has 1 atom stereocenters.